The normalized spacial score (nSPS) is 27.2. The summed E-state index contributed by atoms with van der Waals surface area (Å²) in [6.07, 6.45) is 4.55. The molecule has 0 radical (unpaired) electrons. The Morgan fingerprint density at radius 2 is 1.57 bits per heavy atom. The Kier molecular flexibility index (Phi) is 5.20. The summed E-state index contributed by atoms with van der Waals surface area (Å²) in [4.78, 5) is 36.6. The highest BCUT2D eigenvalue weighted by atomic mass is 16.4. The minimum atomic E-state index is -0.860. The summed E-state index contributed by atoms with van der Waals surface area (Å²) in [5, 5.41) is 12.2. The predicted molar refractivity (Wildman–Crippen MR) is 76.5 cm³/mol. The van der Waals surface area contributed by atoms with Gasteiger partial charge in [0.15, 0.2) is 0 Å². The zero-order valence-electron chi connectivity index (χ0n) is 12.5. The lowest BCUT2D eigenvalue weighted by Crippen LogP contribution is -2.49. The molecule has 1 heterocycles. The van der Waals surface area contributed by atoms with E-state index < -0.39 is 17.8 Å². The van der Waals surface area contributed by atoms with Crippen molar-refractivity contribution < 1.29 is 19.5 Å². The Balaban J connectivity index is 1.86. The topological polar surface area (TPSA) is 86.7 Å². The molecular weight excluding hydrogens is 272 g/mol. The molecule has 0 bridgehead atoms. The summed E-state index contributed by atoms with van der Waals surface area (Å²) >= 11 is 0. The number of nitrogens with one attached hydrogen (secondary N) is 1. The molecule has 0 aromatic rings. The van der Waals surface area contributed by atoms with E-state index in [-0.39, 0.29) is 17.9 Å². The highest BCUT2D eigenvalue weighted by Crippen LogP contribution is 2.30. The number of aliphatic carboxylic acids is 1. The number of hydrogen-bond donors (Lipinski definition) is 2. The van der Waals surface area contributed by atoms with Gasteiger partial charge in [-0.15, -0.1) is 0 Å². The van der Waals surface area contributed by atoms with E-state index in [4.69, 9.17) is 0 Å². The first-order chi connectivity index (χ1) is 9.99. The van der Waals surface area contributed by atoms with Gasteiger partial charge in [-0.25, -0.2) is 0 Å². The highest BCUT2D eigenvalue weighted by Gasteiger charge is 2.36. The first kappa shape index (κ1) is 15.8. The average Bonchev–Trinajstić information content (AvgIpc) is 2.47. The Morgan fingerprint density at radius 3 is 2.10 bits per heavy atom. The number of carboxylic acids is 1. The lowest BCUT2D eigenvalue weighted by molar-refractivity contribution is -0.149. The van der Waals surface area contributed by atoms with Gasteiger partial charge in [0.1, 0.15) is 0 Å². The molecule has 6 heteroatoms. The molecule has 1 aliphatic carbocycles. The van der Waals surface area contributed by atoms with Gasteiger partial charge in [0.05, 0.1) is 11.8 Å². The lowest BCUT2D eigenvalue weighted by atomic mass is 9.78. The van der Waals surface area contributed by atoms with Gasteiger partial charge >= 0.3 is 5.97 Å². The third-order valence-electron chi connectivity index (χ3n) is 4.71. The summed E-state index contributed by atoms with van der Waals surface area (Å²) < 4.78 is 0. The molecular formula is C15H24N2O4. The Labute approximate surface area is 124 Å². The number of piperidine rings is 1. The van der Waals surface area contributed by atoms with Gasteiger partial charge in [0.2, 0.25) is 11.8 Å². The van der Waals surface area contributed by atoms with Crippen LogP contribution in [-0.2, 0) is 14.4 Å². The van der Waals surface area contributed by atoms with Crippen LogP contribution >= 0.6 is 0 Å². The molecule has 2 amide bonds. The van der Waals surface area contributed by atoms with Crippen LogP contribution in [0.2, 0.25) is 0 Å². The highest BCUT2D eigenvalue weighted by molar-refractivity contribution is 5.85. The van der Waals surface area contributed by atoms with Gasteiger partial charge in [-0.3, -0.25) is 14.4 Å². The van der Waals surface area contributed by atoms with E-state index in [9.17, 15) is 19.5 Å². The molecule has 2 fully saturated rings. The maximum Gasteiger partial charge on any atom is 0.307 e. The Bertz CT molecular complexity index is 416. The molecule has 6 nitrogen and oxygen atoms in total. The molecule has 0 spiro atoms. The summed E-state index contributed by atoms with van der Waals surface area (Å²) in [6.45, 7) is 2.87. The van der Waals surface area contributed by atoms with Crippen molar-refractivity contribution in [3.05, 3.63) is 0 Å². The number of amides is 2. The number of hydrogen-bond acceptors (Lipinski definition) is 3. The van der Waals surface area contributed by atoms with Gasteiger partial charge in [0, 0.05) is 26.1 Å². The van der Waals surface area contributed by atoms with Gasteiger partial charge in [-0.1, -0.05) is 12.8 Å². The molecule has 1 saturated carbocycles. The molecule has 0 aromatic carbocycles. The van der Waals surface area contributed by atoms with Gasteiger partial charge in [-0.05, 0) is 25.7 Å². The Hall–Kier alpha value is -1.59. The van der Waals surface area contributed by atoms with Gasteiger partial charge in [0.25, 0.3) is 0 Å². The summed E-state index contributed by atoms with van der Waals surface area (Å²) in [6, 6.07) is 0.0597. The molecule has 2 aliphatic rings. The largest absolute Gasteiger partial charge is 0.481 e. The summed E-state index contributed by atoms with van der Waals surface area (Å²) in [7, 11) is 0. The van der Waals surface area contributed by atoms with Crippen molar-refractivity contribution in [3.8, 4) is 0 Å². The second kappa shape index (κ2) is 6.91. The third-order valence-corrected chi connectivity index (χ3v) is 4.71. The van der Waals surface area contributed by atoms with Crippen LogP contribution in [0, 0.1) is 11.8 Å². The molecule has 0 aromatic heterocycles. The van der Waals surface area contributed by atoms with Gasteiger partial charge < -0.3 is 15.3 Å². The van der Waals surface area contributed by atoms with Crippen molar-refractivity contribution in [3.63, 3.8) is 0 Å². The monoisotopic (exact) mass is 296 g/mol. The molecule has 0 unspecified atom stereocenters. The number of carboxylic acid groups (broad SMARTS) is 1. The van der Waals surface area contributed by atoms with Crippen LogP contribution in [0.1, 0.15) is 45.4 Å². The zero-order valence-corrected chi connectivity index (χ0v) is 12.5. The number of carbonyl (C=O) groups is 3. The summed E-state index contributed by atoms with van der Waals surface area (Å²) in [5.41, 5.74) is 0. The van der Waals surface area contributed by atoms with E-state index in [0.717, 1.165) is 25.7 Å². The second-order valence-electron chi connectivity index (χ2n) is 6.12. The van der Waals surface area contributed by atoms with Crippen molar-refractivity contribution >= 4 is 17.8 Å². The average molecular weight is 296 g/mol. The fourth-order valence-corrected chi connectivity index (χ4v) is 3.39. The number of carbonyl (C=O) groups excluding carboxylic acids is 2. The minimum absolute atomic E-state index is 0.0597. The smallest absolute Gasteiger partial charge is 0.307 e. The third kappa shape index (κ3) is 3.95. The van der Waals surface area contributed by atoms with E-state index in [1.54, 1.807) is 11.8 Å². The van der Waals surface area contributed by atoms with Crippen LogP contribution < -0.4 is 5.32 Å². The van der Waals surface area contributed by atoms with E-state index >= 15 is 0 Å². The van der Waals surface area contributed by atoms with Crippen molar-refractivity contribution in [2.75, 3.05) is 13.1 Å². The van der Waals surface area contributed by atoms with Crippen molar-refractivity contribution in [2.24, 2.45) is 11.8 Å². The summed E-state index contributed by atoms with van der Waals surface area (Å²) in [5.74, 6) is -1.86. The van der Waals surface area contributed by atoms with Crippen LogP contribution in [0.25, 0.3) is 0 Å². The van der Waals surface area contributed by atoms with Crippen molar-refractivity contribution in [1.82, 2.24) is 10.2 Å². The van der Waals surface area contributed by atoms with Crippen LogP contribution in [-0.4, -0.2) is 46.9 Å². The zero-order chi connectivity index (χ0) is 15.4. The second-order valence-corrected chi connectivity index (χ2v) is 6.12. The maximum absolute atomic E-state index is 12.3. The van der Waals surface area contributed by atoms with E-state index in [2.05, 4.69) is 5.32 Å². The van der Waals surface area contributed by atoms with Crippen LogP contribution in [0.4, 0.5) is 0 Å². The lowest BCUT2D eigenvalue weighted by Gasteiger charge is -2.34. The molecule has 21 heavy (non-hydrogen) atoms. The standard InChI is InChI=1S/C15H24N2O4/c1-10(18)17-8-6-11(7-9-17)16-14(19)12-4-2-3-5-13(12)15(20)21/h11-13H,2-9H2,1H3,(H,16,19)(H,20,21)/t12-,13+/m1/s1. The number of nitrogens with zero attached hydrogens (tertiary/aromatic N) is 1. The minimum Gasteiger partial charge on any atom is -0.481 e. The van der Waals surface area contributed by atoms with E-state index in [1.165, 1.54) is 0 Å². The fraction of sp³-hybridized carbons (Fsp3) is 0.800. The fourth-order valence-electron chi connectivity index (χ4n) is 3.39. The SMILES string of the molecule is CC(=O)N1CCC(NC(=O)[C@@H]2CCCC[C@@H]2C(=O)O)CC1. The molecule has 2 atom stereocenters. The first-order valence-corrected chi connectivity index (χ1v) is 7.77. The van der Waals surface area contributed by atoms with Crippen molar-refractivity contribution in [2.45, 2.75) is 51.5 Å². The van der Waals surface area contributed by atoms with E-state index in [0.29, 0.717) is 25.9 Å². The predicted octanol–water partition coefficient (Wildman–Crippen LogP) is 1.00. The number of likely N-dealkylation sites (tertiary alicyclic amines) is 1. The van der Waals surface area contributed by atoms with Crippen LogP contribution in [0.5, 0.6) is 0 Å². The molecule has 2 N–H and O–H groups in total. The first-order valence-electron chi connectivity index (χ1n) is 7.77. The van der Waals surface area contributed by atoms with Crippen molar-refractivity contribution in [1.29, 1.82) is 0 Å². The molecule has 1 aliphatic heterocycles. The van der Waals surface area contributed by atoms with E-state index in [1.807, 2.05) is 0 Å². The molecule has 2 rings (SSSR count). The van der Waals surface area contributed by atoms with Crippen LogP contribution in [0.15, 0.2) is 0 Å². The number of rotatable bonds is 3. The Morgan fingerprint density at radius 1 is 1.00 bits per heavy atom. The van der Waals surface area contributed by atoms with Gasteiger partial charge in [-0.2, -0.15) is 0 Å². The molecule has 118 valence electrons. The quantitative estimate of drug-likeness (QED) is 0.813. The van der Waals surface area contributed by atoms with Crippen LogP contribution in [0.3, 0.4) is 0 Å². The molecule has 1 saturated heterocycles. The maximum atomic E-state index is 12.3.